The maximum Gasteiger partial charge on any atom is 0.164 e. The van der Waals surface area contributed by atoms with Crippen molar-refractivity contribution in [1.82, 2.24) is 33.7 Å². The standard InChI is InChI=1S/C59H33N7/c1-2-15-39-37(13-1)38-14-3-4-16-40(38)47-31-34(25-28-42(39)47)55-62-56(35-26-29-43-45-19-8-10-22-51(45)65-53-24-12-9-21-49(53)60-59(65)48(43)32-35)64-57(63-55)36-27-30-50-54(33-36)66-52-23-11-7-18-44(52)41-17-5-6-20-46(41)58(66)61-50/h1-33H. The molecule has 15 rings (SSSR count). The van der Waals surface area contributed by atoms with Crippen LogP contribution in [0, 0.1) is 0 Å². The van der Waals surface area contributed by atoms with Gasteiger partial charge in [0.1, 0.15) is 11.3 Å². The zero-order chi connectivity index (χ0) is 43.0. The molecule has 0 N–H and O–H groups in total. The summed E-state index contributed by atoms with van der Waals surface area (Å²) in [5.74, 6) is 1.76. The summed E-state index contributed by atoms with van der Waals surface area (Å²) in [6.45, 7) is 0. The SMILES string of the molecule is c1ccc2c(c1)nc1c3cc(-c4nc(-c5ccc6c7ccccc7c7ccccc7c6c5)nc(-c5ccc6nc7c8ccccc8c8ccccc8n7c6c5)n4)ccc3c3ccccc3n21. The lowest BCUT2D eigenvalue weighted by molar-refractivity contribution is 1.08. The second-order valence-electron chi connectivity index (χ2n) is 17.2. The van der Waals surface area contributed by atoms with E-state index >= 15 is 0 Å². The Morgan fingerprint density at radius 1 is 0.227 bits per heavy atom. The van der Waals surface area contributed by atoms with E-state index in [-0.39, 0.29) is 0 Å². The molecule has 5 aromatic heterocycles. The van der Waals surface area contributed by atoms with Gasteiger partial charge in [0.05, 0.1) is 33.1 Å². The first-order valence-corrected chi connectivity index (χ1v) is 22.3. The van der Waals surface area contributed by atoms with Crippen LogP contribution in [0.5, 0.6) is 0 Å². The van der Waals surface area contributed by atoms with Crippen molar-refractivity contribution in [3.05, 3.63) is 200 Å². The lowest BCUT2D eigenvalue weighted by atomic mass is 9.93. The zero-order valence-electron chi connectivity index (χ0n) is 35.2. The number of rotatable bonds is 3. The summed E-state index contributed by atoms with van der Waals surface area (Å²) in [7, 11) is 0. The van der Waals surface area contributed by atoms with Gasteiger partial charge in [0.25, 0.3) is 0 Å². The minimum atomic E-state index is 0.579. The smallest absolute Gasteiger partial charge is 0.164 e. The molecule has 0 atom stereocenters. The largest absolute Gasteiger partial charge is 0.292 e. The topological polar surface area (TPSA) is 73.3 Å². The minimum Gasteiger partial charge on any atom is -0.292 e. The Bertz CT molecular complexity index is 4570. The van der Waals surface area contributed by atoms with Gasteiger partial charge in [-0.1, -0.05) is 146 Å². The summed E-state index contributed by atoms with van der Waals surface area (Å²) >= 11 is 0. The third-order valence-electron chi connectivity index (χ3n) is 13.7. The van der Waals surface area contributed by atoms with E-state index in [0.29, 0.717) is 17.5 Å². The highest BCUT2D eigenvalue weighted by Crippen LogP contribution is 2.40. The Balaban J connectivity index is 1.00. The van der Waals surface area contributed by atoms with Crippen molar-refractivity contribution < 1.29 is 0 Å². The average molecular weight is 840 g/mol. The molecule has 7 nitrogen and oxygen atoms in total. The van der Waals surface area contributed by atoms with E-state index in [1.54, 1.807) is 0 Å². The fourth-order valence-electron chi connectivity index (χ4n) is 10.7. The summed E-state index contributed by atoms with van der Waals surface area (Å²) < 4.78 is 4.56. The predicted octanol–water partition coefficient (Wildman–Crippen LogP) is 14.5. The van der Waals surface area contributed by atoms with Gasteiger partial charge in [0.15, 0.2) is 17.5 Å². The molecule has 0 amide bonds. The quantitative estimate of drug-likeness (QED) is 0.166. The number of benzene rings is 10. The Labute approximate surface area is 375 Å². The highest BCUT2D eigenvalue weighted by atomic mass is 15.0. The normalized spacial score (nSPS) is 12.2. The van der Waals surface area contributed by atoms with Gasteiger partial charge in [-0.2, -0.15) is 0 Å². The number of imidazole rings is 2. The monoisotopic (exact) mass is 839 g/mol. The van der Waals surface area contributed by atoms with Crippen LogP contribution in [0.2, 0.25) is 0 Å². The zero-order valence-corrected chi connectivity index (χ0v) is 35.2. The van der Waals surface area contributed by atoms with E-state index in [1.165, 1.54) is 37.7 Å². The van der Waals surface area contributed by atoms with Gasteiger partial charge in [-0.05, 0) is 97.7 Å². The molecule has 0 unspecified atom stereocenters. The molecular formula is C59H33N7. The first-order valence-electron chi connectivity index (χ1n) is 22.3. The van der Waals surface area contributed by atoms with Crippen molar-refractivity contribution in [1.29, 1.82) is 0 Å². The van der Waals surface area contributed by atoms with Crippen molar-refractivity contribution >= 4 is 109 Å². The molecule has 5 heterocycles. The van der Waals surface area contributed by atoms with Crippen LogP contribution < -0.4 is 0 Å². The van der Waals surface area contributed by atoms with Gasteiger partial charge in [-0.25, -0.2) is 24.9 Å². The third kappa shape index (κ3) is 4.93. The second kappa shape index (κ2) is 13.2. The van der Waals surface area contributed by atoms with E-state index in [2.05, 4.69) is 203 Å². The highest BCUT2D eigenvalue weighted by Gasteiger charge is 2.20. The van der Waals surface area contributed by atoms with Gasteiger partial charge >= 0.3 is 0 Å². The van der Waals surface area contributed by atoms with Gasteiger partial charge in [0.2, 0.25) is 0 Å². The molecule has 0 saturated carbocycles. The number of pyridine rings is 2. The first kappa shape index (κ1) is 35.4. The molecule has 304 valence electrons. The highest BCUT2D eigenvalue weighted by molar-refractivity contribution is 6.26. The molecule has 15 aromatic rings. The number of fused-ring (bicyclic) bond motifs is 22. The summed E-state index contributed by atoms with van der Waals surface area (Å²) in [6, 6.07) is 70.9. The van der Waals surface area contributed by atoms with Gasteiger partial charge in [-0.15, -0.1) is 0 Å². The van der Waals surface area contributed by atoms with Crippen LogP contribution in [0.3, 0.4) is 0 Å². The number of para-hydroxylation sites is 4. The lowest BCUT2D eigenvalue weighted by Gasteiger charge is -2.13. The van der Waals surface area contributed by atoms with E-state index < -0.39 is 0 Å². The van der Waals surface area contributed by atoms with Crippen molar-refractivity contribution in [3.63, 3.8) is 0 Å². The van der Waals surface area contributed by atoms with Gasteiger partial charge in [-0.3, -0.25) is 8.80 Å². The first-order chi connectivity index (χ1) is 32.7. The third-order valence-corrected chi connectivity index (χ3v) is 13.7. The number of hydrogen-bond acceptors (Lipinski definition) is 5. The fraction of sp³-hybridized carbons (Fsp3) is 0. The number of nitrogens with zero attached hydrogens (tertiary/aromatic N) is 7. The molecule has 10 aromatic carbocycles. The van der Waals surface area contributed by atoms with Gasteiger partial charge in [0, 0.05) is 38.2 Å². The maximum atomic E-state index is 5.35. The van der Waals surface area contributed by atoms with Crippen molar-refractivity contribution in [2.75, 3.05) is 0 Å². The second-order valence-corrected chi connectivity index (χ2v) is 17.2. The molecule has 0 saturated heterocycles. The molecular weight excluding hydrogens is 807 g/mol. The fourth-order valence-corrected chi connectivity index (χ4v) is 10.7. The summed E-state index contributed by atoms with van der Waals surface area (Å²) in [4.78, 5) is 26.5. The van der Waals surface area contributed by atoms with Crippen LogP contribution in [0.1, 0.15) is 0 Å². The molecule has 0 aliphatic heterocycles. The van der Waals surface area contributed by atoms with E-state index in [9.17, 15) is 0 Å². The van der Waals surface area contributed by atoms with E-state index in [0.717, 1.165) is 88.0 Å². The van der Waals surface area contributed by atoms with Crippen LogP contribution in [0.15, 0.2) is 200 Å². The minimum absolute atomic E-state index is 0.579. The molecule has 66 heavy (non-hydrogen) atoms. The molecule has 0 radical (unpaired) electrons. The van der Waals surface area contributed by atoms with E-state index in [4.69, 9.17) is 24.9 Å². The van der Waals surface area contributed by atoms with Crippen LogP contribution in [0.4, 0.5) is 0 Å². The van der Waals surface area contributed by atoms with Crippen molar-refractivity contribution in [3.8, 4) is 34.2 Å². The Kier molecular flexibility index (Phi) is 7.10. The predicted molar refractivity (Wildman–Crippen MR) is 271 cm³/mol. The van der Waals surface area contributed by atoms with Crippen LogP contribution >= 0.6 is 0 Å². The van der Waals surface area contributed by atoms with Crippen LogP contribution in [0.25, 0.3) is 143 Å². The van der Waals surface area contributed by atoms with E-state index in [1.807, 2.05) is 6.07 Å². The van der Waals surface area contributed by atoms with Crippen molar-refractivity contribution in [2.45, 2.75) is 0 Å². The molecule has 0 bridgehead atoms. The van der Waals surface area contributed by atoms with Crippen molar-refractivity contribution in [2.24, 2.45) is 0 Å². The Morgan fingerprint density at radius 2 is 0.591 bits per heavy atom. The molecule has 7 heteroatoms. The number of hydrogen-bond donors (Lipinski definition) is 0. The average Bonchev–Trinajstić information content (AvgIpc) is 3.98. The molecule has 0 fully saturated rings. The van der Waals surface area contributed by atoms with Crippen LogP contribution in [-0.2, 0) is 0 Å². The molecule has 0 spiro atoms. The summed E-state index contributed by atoms with van der Waals surface area (Å²) in [5.41, 5.74) is 10.6. The Hall–Kier alpha value is -9.07. The summed E-state index contributed by atoms with van der Waals surface area (Å²) in [5, 5.41) is 14.0. The van der Waals surface area contributed by atoms with Crippen LogP contribution in [-0.4, -0.2) is 33.7 Å². The summed E-state index contributed by atoms with van der Waals surface area (Å²) in [6.07, 6.45) is 0. The maximum absolute atomic E-state index is 5.35. The molecule has 0 aliphatic rings. The number of aromatic nitrogens is 7. The van der Waals surface area contributed by atoms with Gasteiger partial charge < -0.3 is 0 Å². The lowest BCUT2D eigenvalue weighted by Crippen LogP contribution is -2.01. The Morgan fingerprint density at radius 3 is 1.18 bits per heavy atom. The molecule has 0 aliphatic carbocycles.